The molecule has 0 radical (unpaired) electrons. The summed E-state index contributed by atoms with van der Waals surface area (Å²) in [6.45, 7) is 0.242. The molecule has 0 fully saturated rings. The van der Waals surface area contributed by atoms with Crippen molar-refractivity contribution in [3.63, 3.8) is 0 Å². The number of hydrogen-bond donors (Lipinski definition) is 3. The van der Waals surface area contributed by atoms with E-state index in [0.717, 1.165) is 4.31 Å². The molecule has 2 heterocycles. The van der Waals surface area contributed by atoms with Crippen molar-refractivity contribution >= 4 is 16.2 Å². The molecule has 9 nitrogen and oxygen atoms in total. The fourth-order valence-electron chi connectivity index (χ4n) is 2.03. The van der Waals surface area contributed by atoms with Crippen LogP contribution in [0.4, 0.5) is 0 Å². The average Bonchev–Trinajstić information content (AvgIpc) is 2.84. The highest BCUT2D eigenvalue weighted by Gasteiger charge is 2.39. The molecule has 10 heteroatoms. The van der Waals surface area contributed by atoms with E-state index >= 15 is 0 Å². The Hall–Kier alpha value is -1.49. The zero-order valence-electron chi connectivity index (χ0n) is 10.9. The number of aliphatic carboxylic acids is 1. The van der Waals surface area contributed by atoms with E-state index in [1.54, 1.807) is 0 Å². The summed E-state index contributed by atoms with van der Waals surface area (Å²) in [7, 11) is -2.45. The van der Waals surface area contributed by atoms with Crippen molar-refractivity contribution in [3.8, 4) is 0 Å². The van der Waals surface area contributed by atoms with Crippen molar-refractivity contribution in [2.24, 2.45) is 0 Å². The monoisotopic (exact) mass is 304 g/mol. The summed E-state index contributed by atoms with van der Waals surface area (Å²) in [5.41, 5.74) is 1.19. The van der Waals surface area contributed by atoms with Gasteiger partial charge < -0.3 is 14.8 Å². The van der Waals surface area contributed by atoms with Gasteiger partial charge in [-0.1, -0.05) is 0 Å². The number of rotatable bonds is 6. The molecule has 3 N–H and O–H groups in total. The molecule has 1 aliphatic heterocycles. The third-order valence-corrected chi connectivity index (χ3v) is 4.61. The molecule has 1 aromatic rings. The predicted octanol–water partition coefficient (Wildman–Crippen LogP) is -1.30. The van der Waals surface area contributed by atoms with Crippen LogP contribution in [0.5, 0.6) is 0 Å². The fourth-order valence-corrected chi connectivity index (χ4v) is 3.34. The molecular formula is C10H16N4O5S. The minimum atomic E-state index is -3.90. The molecule has 1 unspecified atom stereocenters. The number of nitrogens with zero attached hydrogens (tertiary/aromatic N) is 2. The number of hydrogen-bond acceptors (Lipinski definition) is 5. The lowest BCUT2D eigenvalue weighted by atomic mass is 10.1. The number of ether oxygens (including phenoxy) is 1. The number of carboxylic acids is 1. The fraction of sp³-hybridized carbons (Fsp3) is 0.600. The second-order valence-electron chi connectivity index (χ2n) is 4.32. The Morgan fingerprint density at radius 1 is 1.70 bits per heavy atom. The van der Waals surface area contributed by atoms with Gasteiger partial charge in [0.25, 0.3) is 10.2 Å². The second-order valence-corrected chi connectivity index (χ2v) is 6.03. The van der Waals surface area contributed by atoms with Crippen molar-refractivity contribution in [2.45, 2.75) is 19.0 Å². The number of aromatic nitrogens is 2. The van der Waals surface area contributed by atoms with Gasteiger partial charge in [-0.3, -0.25) is 4.79 Å². The number of carbonyl (C=O) groups is 1. The standard InChI is InChI=1S/C10H16N4O5S/c1-19-3-2-13-20(17,18)14-5-8-7(11-6-12-8)4-9(14)10(15)16/h6,9,13H,2-5H2,1H3,(H,11,12)(H,15,16). The van der Waals surface area contributed by atoms with Gasteiger partial charge in [0.15, 0.2) is 0 Å². The van der Waals surface area contributed by atoms with Crippen molar-refractivity contribution in [1.82, 2.24) is 19.0 Å². The first-order valence-corrected chi connectivity index (χ1v) is 7.39. The zero-order chi connectivity index (χ0) is 14.8. The summed E-state index contributed by atoms with van der Waals surface area (Å²) >= 11 is 0. The SMILES string of the molecule is COCCNS(=O)(=O)N1Cc2[nH]cnc2CC1C(=O)O. The van der Waals surface area contributed by atoms with Crippen molar-refractivity contribution in [3.05, 3.63) is 17.7 Å². The Bertz CT molecular complexity index is 584. The quantitative estimate of drug-likeness (QED) is 0.561. The highest BCUT2D eigenvalue weighted by atomic mass is 32.2. The lowest BCUT2D eigenvalue weighted by molar-refractivity contribution is -0.141. The molecule has 0 bridgehead atoms. The van der Waals surface area contributed by atoms with Gasteiger partial charge >= 0.3 is 5.97 Å². The Balaban J connectivity index is 2.22. The summed E-state index contributed by atoms with van der Waals surface area (Å²) in [6, 6.07) is -1.16. The third kappa shape index (κ3) is 2.98. The predicted molar refractivity (Wildman–Crippen MR) is 68.1 cm³/mol. The van der Waals surface area contributed by atoms with Crippen molar-refractivity contribution in [2.75, 3.05) is 20.3 Å². The van der Waals surface area contributed by atoms with Crippen LogP contribution in [0.2, 0.25) is 0 Å². The molecule has 112 valence electrons. The van der Waals surface area contributed by atoms with Crippen LogP contribution in [-0.4, -0.2) is 60.1 Å². The molecule has 0 spiro atoms. The van der Waals surface area contributed by atoms with E-state index in [2.05, 4.69) is 14.7 Å². The number of methoxy groups -OCH3 is 1. The highest BCUT2D eigenvalue weighted by molar-refractivity contribution is 7.87. The van der Waals surface area contributed by atoms with E-state index < -0.39 is 22.2 Å². The molecule has 1 aliphatic rings. The van der Waals surface area contributed by atoms with Crippen LogP contribution in [0.1, 0.15) is 11.4 Å². The van der Waals surface area contributed by atoms with Crippen LogP contribution >= 0.6 is 0 Å². The average molecular weight is 304 g/mol. The maximum atomic E-state index is 12.2. The van der Waals surface area contributed by atoms with Crippen molar-refractivity contribution in [1.29, 1.82) is 0 Å². The summed E-state index contributed by atoms with van der Waals surface area (Å²) in [5.74, 6) is -1.20. The molecule has 1 atom stereocenters. The molecule has 0 aromatic carbocycles. The maximum Gasteiger partial charge on any atom is 0.322 e. The second kappa shape index (κ2) is 5.87. The lowest BCUT2D eigenvalue weighted by Crippen LogP contribution is -2.52. The van der Waals surface area contributed by atoms with E-state index in [9.17, 15) is 18.3 Å². The maximum absolute atomic E-state index is 12.2. The van der Waals surface area contributed by atoms with Crippen LogP contribution in [0.15, 0.2) is 6.33 Å². The first-order chi connectivity index (χ1) is 9.45. The summed E-state index contributed by atoms with van der Waals surface area (Å²) in [5, 5.41) is 9.21. The molecule has 0 amide bonds. The van der Waals surface area contributed by atoms with E-state index in [4.69, 9.17) is 4.74 Å². The number of imidazole rings is 1. The Morgan fingerprint density at radius 3 is 3.10 bits per heavy atom. The van der Waals surface area contributed by atoms with Gasteiger partial charge in [0.05, 0.1) is 30.9 Å². The number of carboxylic acid groups (broad SMARTS) is 1. The van der Waals surface area contributed by atoms with Gasteiger partial charge in [0.2, 0.25) is 0 Å². The van der Waals surface area contributed by atoms with Crippen LogP contribution in [0.25, 0.3) is 0 Å². The minimum Gasteiger partial charge on any atom is -0.480 e. The van der Waals surface area contributed by atoms with Crippen LogP contribution in [0, 0.1) is 0 Å². The lowest BCUT2D eigenvalue weighted by Gasteiger charge is -2.31. The number of H-pyrrole nitrogens is 1. The van der Waals surface area contributed by atoms with Gasteiger partial charge in [-0.15, -0.1) is 0 Å². The van der Waals surface area contributed by atoms with E-state index in [1.165, 1.54) is 13.4 Å². The molecule has 20 heavy (non-hydrogen) atoms. The molecular weight excluding hydrogens is 288 g/mol. The molecule has 0 aliphatic carbocycles. The van der Waals surface area contributed by atoms with Gasteiger partial charge in [0.1, 0.15) is 6.04 Å². The molecule has 2 rings (SSSR count). The summed E-state index contributed by atoms with van der Waals surface area (Å²) in [4.78, 5) is 18.1. The Labute approximate surface area is 116 Å². The zero-order valence-corrected chi connectivity index (χ0v) is 11.7. The topological polar surface area (TPSA) is 125 Å². The van der Waals surface area contributed by atoms with Crippen LogP contribution < -0.4 is 4.72 Å². The first-order valence-electron chi connectivity index (χ1n) is 5.95. The van der Waals surface area contributed by atoms with Crippen LogP contribution in [0.3, 0.4) is 0 Å². The van der Waals surface area contributed by atoms with E-state index in [0.29, 0.717) is 11.4 Å². The van der Waals surface area contributed by atoms with Gasteiger partial charge in [0, 0.05) is 20.1 Å². The van der Waals surface area contributed by atoms with Crippen LogP contribution in [-0.2, 0) is 32.7 Å². The normalized spacial score (nSPS) is 19.8. The van der Waals surface area contributed by atoms with Gasteiger partial charge in [-0.25, -0.2) is 4.98 Å². The van der Waals surface area contributed by atoms with E-state index in [-0.39, 0.29) is 26.1 Å². The molecule has 0 saturated heterocycles. The number of nitrogens with one attached hydrogen (secondary N) is 2. The first kappa shape index (κ1) is 14.9. The highest BCUT2D eigenvalue weighted by Crippen LogP contribution is 2.22. The Kier molecular flexibility index (Phi) is 4.38. The molecule has 1 aromatic heterocycles. The number of aromatic amines is 1. The minimum absolute atomic E-state index is 0.0410. The van der Waals surface area contributed by atoms with Gasteiger partial charge in [-0.2, -0.15) is 17.4 Å². The largest absolute Gasteiger partial charge is 0.480 e. The van der Waals surface area contributed by atoms with E-state index in [1.807, 2.05) is 0 Å². The summed E-state index contributed by atoms with van der Waals surface area (Å²) in [6.07, 6.45) is 1.47. The number of fused-ring (bicyclic) bond motifs is 1. The van der Waals surface area contributed by atoms with Gasteiger partial charge in [-0.05, 0) is 0 Å². The third-order valence-electron chi connectivity index (χ3n) is 3.04. The summed E-state index contributed by atoms with van der Waals surface area (Å²) < 4.78 is 32.3. The Morgan fingerprint density at radius 2 is 2.45 bits per heavy atom. The smallest absolute Gasteiger partial charge is 0.322 e. The van der Waals surface area contributed by atoms with Crippen molar-refractivity contribution < 1.29 is 23.1 Å². The molecule has 0 saturated carbocycles.